The number of aryl methyl sites for hydroxylation is 1. The highest BCUT2D eigenvalue weighted by Crippen LogP contribution is 2.21. The molecule has 10 heteroatoms. The molecular weight excluding hydrogens is 456 g/mol. The van der Waals surface area contributed by atoms with E-state index in [1.54, 1.807) is 6.92 Å². The van der Waals surface area contributed by atoms with Gasteiger partial charge in [0.05, 0.1) is 11.8 Å². The lowest BCUT2D eigenvalue weighted by Crippen LogP contribution is -2.49. The number of fused-ring (bicyclic) bond motifs is 2. The van der Waals surface area contributed by atoms with Gasteiger partial charge in [0.15, 0.2) is 11.4 Å². The second kappa shape index (κ2) is 9.60. The Morgan fingerprint density at radius 2 is 1.79 bits per heavy atom. The summed E-state index contributed by atoms with van der Waals surface area (Å²) in [5.41, 5.74) is 4.41. The quantitative estimate of drug-likeness (QED) is 0.567. The average Bonchev–Trinajstić information content (AvgIpc) is 3.29. The summed E-state index contributed by atoms with van der Waals surface area (Å²) < 4.78 is 3.46. The third-order valence-corrected chi connectivity index (χ3v) is 6.72. The molecule has 0 aliphatic carbocycles. The first-order valence-corrected chi connectivity index (χ1v) is 11.5. The number of aromatic nitrogens is 3. The Morgan fingerprint density at radius 1 is 1.09 bits per heavy atom. The molecule has 1 saturated heterocycles. The zero-order valence-corrected chi connectivity index (χ0v) is 20.2. The van der Waals surface area contributed by atoms with Crippen LogP contribution in [0.3, 0.4) is 0 Å². The van der Waals surface area contributed by atoms with E-state index in [1.807, 2.05) is 36.1 Å². The lowest BCUT2D eigenvalue weighted by molar-refractivity contribution is 0.0748. The van der Waals surface area contributed by atoms with Crippen molar-refractivity contribution in [1.29, 1.82) is 0 Å². The number of benzene rings is 1. The molecule has 34 heavy (non-hydrogen) atoms. The Balaban J connectivity index is 0.00000274. The van der Waals surface area contributed by atoms with Crippen molar-refractivity contribution in [3.05, 3.63) is 63.2 Å². The van der Waals surface area contributed by atoms with Crippen molar-refractivity contribution in [3.63, 3.8) is 0 Å². The van der Waals surface area contributed by atoms with Crippen molar-refractivity contribution in [1.82, 2.24) is 24.4 Å². The predicted molar refractivity (Wildman–Crippen MR) is 132 cm³/mol. The van der Waals surface area contributed by atoms with Gasteiger partial charge in [-0.15, -0.1) is 12.4 Å². The van der Waals surface area contributed by atoms with E-state index in [-0.39, 0.29) is 29.7 Å². The standard InChI is InChI=1S/C24H28N6O3.ClH/c1-3-29-21-8-9-25-14-19(21)24(33)30-22(29)20(15-26-30)23(32)28-12-10-27(11-13-28)18-6-4-17(5-7-18)16(2)31;/h4-7,15,25H,3,8-14H2,1-2H3;1H. The molecule has 2 aromatic heterocycles. The summed E-state index contributed by atoms with van der Waals surface area (Å²) in [6, 6.07) is 7.59. The van der Waals surface area contributed by atoms with Crippen LogP contribution in [-0.2, 0) is 19.5 Å². The highest BCUT2D eigenvalue weighted by atomic mass is 35.5. The van der Waals surface area contributed by atoms with E-state index in [1.165, 1.54) is 10.7 Å². The first-order chi connectivity index (χ1) is 16.0. The summed E-state index contributed by atoms with van der Waals surface area (Å²) in [4.78, 5) is 42.1. The third kappa shape index (κ3) is 3.99. The first-order valence-electron chi connectivity index (χ1n) is 11.5. The van der Waals surface area contributed by atoms with Crippen LogP contribution in [0.2, 0.25) is 0 Å². The van der Waals surface area contributed by atoms with Crippen LogP contribution < -0.4 is 15.8 Å². The van der Waals surface area contributed by atoms with Gasteiger partial charge in [0, 0.05) is 69.2 Å². The van der Waals surface area contributed by atoms with Crippen molar-refractivity contribution in [2.24, 2.45) is 0 Å². The van der Waals surface area contributed by atoms with E-state index in [9.17, 15) is 14.4 Å². The zero-order valence-electron chi connectivity index (χ0n) is 19.4. The maximum atomic E-state index is 13.5. The molecule has 0 unspecified atom stereocenters. The Morgan fingerprint density at radius 3 is 2.44 bits per heavy atom. The smallest absolute Gasteiger partial charge is 0.279 e. The lowest BCUT2D eigenvalue weighted by atomic mass is 10.1. The molecule has 1 amide bonds. The van der Waals surface area contributed by atoms with E-state index in [0.717, 1.165) is 29.9 Å². The lowest BCUT2D eigenvalue weighted by Gasteiger charge is -2.36. The molecule has 1 fully saturated rings. The highest BCUT2D eigenvalue weighted by molar-refractivity contribution is 6.00. The second-order valence-corrected chi connectivity index (χ2v) is 8.58. The van der Waals surface area contributed by atoms with Gasteiger partial charge in [-0.2, -0.15) is 9.61 Å². The minimum Gasteiger partial charge on any atom is -0.368 e. The summed E-state index contributed by atoms with van der Waals surface area (Å²) in [5, 5.41) is 7.56. The van der Waals surface area contributed by atoms with Crippen LogP contribution in [0.5, 0.6) is 0 Å². The average molecular weight is 485 g/mol. The second-order valence-electron chi connectivity index (χ2n) is 8.58. The van der Waals surface area contributed by atoms with Gasteiger partial charge in [-0.05, 0) is 38.1 Å². The number of anilines is 1. The summed E-state index contributed by atoms with van der Waals surface area (Å²) in [6.07, 6.45) is 2.30. The monoisotopic (exact) mass is 484 g/mol. The van der Waals surface area contributed by atoms with Crippen LogP contribution in [-0.4, -0.2) is 63.5 Å². The van der Waals surface area contributed by atoms with Crippen LogP contribution in [0.15, 0.2) is 35.3 Å². The minimum atomic E-state index is -0.144. The predicted octanol–water partition coefficient (Wildman–Crippen LogP) is 1.75. The Labute approximate surface area is 203 Å². The van der Waals surface area contributed by atoms with Crippen molar-refractivity contribution in [3.8, 4) is 0 Å². The van der Waals surface area contributed by atoms with Gasteiger partial charge in [0.1, 0.15) is 5.56 Å². The summed E-state index contributed by atoms with van der Waals surface area (Å²) in [7, 11) is 0. The van der Waals surface area contributed by atoms with E-state index >= 15 is 0 Å². The number of carbonyl (C=O) groups excluding carboxylic acids is 2. The molecule has 0 bridgehead atoms. The number of carbonyl (C=O) groups is 2. The Kier molecular flexibility index (Phi) is 6.77. The summed E-state index contributed by atoms with van der Waals surface area (Å²) in [6.45, 7) is 8.17. The number of halogens is 1. The molecule has 2 aliphatic rings. The van der Waals surface area contributed by atoms with E-state index < -0.39 is 0 Å². The fourth-order valence-corrected chi connectivity index (χ4v) is 4.91. The van der Waals surface area contributed by atoms with E-state index in [4.69, 9.17) is 0 Å². The first kappa shape index (κ1) is 24.0. The van der Waals surface area contributed by atoms with E-state index in [2.05, 4.69) is 19.9 Å². The van der Waals surface area contributed by atoms with Crippen LogP contribution in [0.1, 0.15) is 45.8 Å². The van der Waals surface area contributed by atoms with Crippen molar-refractivity contribution >= 4 is 35.4 Å². The molecule has 5 rings (SSSR count). The SMILES string of the molecule is CCn1c2c(c(=O)n3ncc(C(=O)N4CCN(c5ccc(C(C)=O)cc5)CC4)c13)CNCC2.Cl. The van der Waals surface area contributed by atoms with Gasteiger partial charge in [-0.1, -0.05) is 0 Å². The maximum Gasteiger partial charge on any atom is 0.279 e. The van der Waals surface area contributed by atoms with Gasteiger partial charge < -0.3 is 19.7 Å². The molecule has 0 atom stereocenters. The van der Waals surface area contributed by atoms with Crippen LogP contribution in [0, 0.1) is 0 Å². The highest BCUT2D eigenvalue weighted by Gasteiger charge is 2.28. The minimum absolute atomic E-state index is 0. The Hall–Kier alpha value is -3.17. The van der Waals surface area contributed by atoms with Crippen molar-refractivity contribution in [2.45, 2.75) is 33.4 Å². The van der Waals surface area contributed by atoms with Crippen LogP contribution >= 0.6 is 12.4 Å². The third-order valence-electron chi connectivity index (χ3n) is 6.72. The number of hydrogen-bond donors (Lipinski definition) is 1. The normalized spacial score (nSPS) is 15.7. The molecule has 1 aromatic carbocycles. The molecule has 1 N–H and O–H groups in total. The molecule has 3 aromatic rings. The van der Waals surface area contributed by atoms with Crippen molar-refractivity contribution in [2.75, 3.05) is 37.6 Å². The number of hydrogen-bond acceptors (Lipinski definition) is 6. The number of ketones is 1. The molecular formula is C24H29ClN6O3. The molecule has 0 saturated carbocycles. The maximum absolute atomic E-state index is 13.5. The van der Waals surface area contributed by atoms with Gasteiger partial charge >= 0.3 is 0 Å². The molecule has 9 nitrogen and oxygen atoms in total. The summed E-state index contributed by atoms with van der Waals surface area (Å²) >= 11 is 0. The topological polar surface area (TPSA) is 92.0 Å². The van der Waals surface area contributed by atoms with Gasteiger partial charge in [0.25, 0.3) is 11.5 Å². The summed E-state index contributed by atoms with van der Waals surface area (Å²) in [5.74, 6) is -0.0412. The zero-order chi connectivity index (χ0) is 23.1. The number of rotatable bonds is 4. The van der Waals surface area contributed by atoms with Gasteiger partial charge in [0.2, 0.25) is 0 Å². The van der Waals surface area contributed by atoms with Crippen LogP contribution in [0.4, 0.5) is 5.69 Å². The number of amides is 1. The van der Waals surface area contributed by atoms with E-state index in [0.29, 0.717) is 56.0 Å². The fourth-order valence-electron chi connectivity index (χ4n) is 4.91. The molecule has 180 valence electrons. The molecule has 0 spiro atoms. The number of piperazine rings is 1. The van der Waals surface area contributed by atoms with Gasteiger partial charge in [-0.3, -0.25) is 14.4 Å². The largest absolute Gasteiger partial charge is 0.368 e. The Bertz CT molecular complexity index is 1290. The molecule has 2 aliphatic heterocycles. The van der Waals surface area contributed by atoms with Crippen molar-refractivity contribution < 1.29 is 9.59 Å². The van der Waals surface area contributed by atoms with Crippen LogP contribution in [0.25, 0.3) is 5.65 Å². The number of Topliss-reactive ketones (excluding diaryl/α,β-unsaturated/α-hetero) is 1. The van der Waals surface area contributed by atoms with Gasteiger partial charge in [-0.25, -0.2) is 0 Å². The molecule has 4 heterocycles. The number of nitrogens with one attached hydrogen (secondary N) is 1. The number of nitrogens with zero attached hydrogens (tertiary/aromatic N) is 5. The fraction of sp³-hybridized carbons (Fsp3) is 0.417. The molecule has 0 radical (unpaired) electrons.